The average Bonchev–Trinajstić information content (AvgIpc) is 3.25. The number of rotatable bonds is 7. The van der Waals surface area contributed by atoms with Gasteiger partial charge in [0.15, 0.2) is 5.96 Å². The van der Waals surface area contributed by atoms with Crippen molar-refractivity contribution in [2.24, 2.45) is 4.99 Å². The molecule has 6 nitrogen and oxygen atoms in total. The second-order valence-electron chi connectivity index (χ2n) is 7.23. The van der Waals surface area contributed by atoms with Gasteiger partial charge in [-0.05, 0) is 49.9 Å². The molecule has 2 aromatic carbocycles. The molecule has 0 saturated carbocycles. The second-order valence-corrected chi connectivity index (χ2v) is 7.23. The molecule has 0 aliphatic carbocycles. The van der Waals surface area contributed by atoms with Gasteiger partial charge >= 0.3 is 0 Å². The first kappa shape index (κ1) is 20.9. The minimum atomic E-state index is -0.328. The SMILES string of the molecule is CCNC(=NCc1cccc(C)c1)NCc1cccc(NC(=O)C2CCCO2)c1. The first-order valence-electron chi connectivity index (χ1n) is 10.2. The van der Waals surface area contributed by atoms with Gasteiger partial charge in [-0.25, -0.2) is 4.99 Å². The molecule has 1 amide bonds. The van der Waals surface area contributed by atoms with Gasteiger partial charge in [0.1, 0.15) is 6.10 Å². The summed E-state index contributed by atoms with van der Waals surface area (Å²) < 4.78 is 5.45. The smallest absolute Gasteiger partial charge is 0.253 e. The second kappa shape index (κ2) is 10.6. The number of hydrogen-bond acceptors (Lipinski definition) is 3. The quantitative estimate of drug-likeness (QED) is 0.497. The standard InChI is InChI=1S/C23H30N4O2/c1-3-24-23(25-15-18-8-4-7-17(2)13-18)26-16-19-9-5-10-20(14-19)27-22(28)21-11-6-12-29-21/h4-5,7-10,13-14,21H,3,6,11-12,15-16H2,1-2H3,(H,27,28)(H2,24,25,26). The van der Waals surface area contributed by atoms with Crippen LogP contribution in [0.2, 0.25) is 0 Å². The van der Waals surface area contributed by atoms with Crippen molar-refractivity contribution in [1.29, 1.82) is 0 Å². The fourth-order valence-corrected chi connectivity index (χ4v) is 3.27. The summed E-state index contributed by atoms with van der Waals surface area (Å²) in [5.41, 5.74) is 4.27. The highest BCUT2D eigenvalue weighted by Crippen LogP contribution is 2.16. The van der Waals surface area contributed by atoms with E-state index in [1.807, 2.05) is 31.2 Å². The van der Waals surface area contributed by atoms with Gasteiger partial charge in [-0.2, -0.15) is 0 Å². The molecule has 1 aliphatic heterocycles. The Hall–Kier alpha value is -2.86. The molecule has 1 heterocycles. The van der Waals surface area contributed by atoms with Crippen molar-refractivity contribution >= 4 is 17.6 Å². The Kier molecular flexibility index (Phi) is 7.64. The Morgan fingerprint density at radius 3 is 2.72 bits per heavy atom. The van der Waals surface area contributed by atoms with Crippen molar-refractivity contribution < 1.29 is 9.53 Å². The molecule has 0 bridgehead atoms. The Balaban J connectivity index is 1.57. The van der Waals surface area contributed by atoms with Crippen molar-refractivity contribution in [2.75, 3.05) is 18.5 Å². The van der Waals surface area contributed by atoms with Gasteiger partial charge in [0.2, 0.25) is 0 Å². The van der Waals surface area contributed by atoms with Gasteiger partial charge in [-0.15, -0.1) is 0 Å². The zero-order chi connectivity index (χ0) is 20.5. The normalized spacial score (nSPS) is 16.5. The maximum atomic E-state index is 12.2. The fraction of sp³-hybridized carbons (Fsp3) is 0.391. The van der Waals surface area contributed by atoms with Crippen LogP contribution >= 0.6 is 0 Å². The first-order valence-corrected chi connectivity index (χ1v) is 10.2. The summed E-state index contributed by atoms with van der Waals surface area (Å²) in [5, 5.41) is 9.58. The predicted octanol–water partition coefficient (Wildman–Crippen LogP) is 3.37. The molecule has 1 aliphatic rings. The van der Waals surface area contributed by atoms with E-state index in [0.717, 1.165) is 36.6 Å². The van der Waals surface area contributed by atoms with Crippen LogP contribution in [0.3, 0.4) is 0 Å². The van der Waals surface area contributed by atoms with Gasteiger partial charge in [0.25, 0.3) is 5.91 Å². The number of aryl methyl sites for hydroxylation is 1. The predicted molar refractivity (Wildman–Crippen MR) is 117 cm³/mol. The Morgan fingerprint density at radius 1 is 1.14 bits per heavy atom. The number of nitrogens with one attached hydrogen (secondary N) is 3. The lowest BCUT2D eigenvalue weighted by Gasteiger charge is -2.13. The number of ether oxygens (including phenoxy) is 1. The average molecular weight is 395 g/mol. The number of anilines is 1. The maximum absolute atomic E-state index is 12.2. The molecular weight excluding hydrogens is 364 g/mol. The third kappa shape index (κ3) is 6.61. The minimum Gasteiger partial charge on any atom is -0.368 e. The highest BCUT2D eigenvalue weighted by molar-refractivity contribution is 5.94. The van der Waals surface area contributed by atoms with E-state index in [1.165, 1.54) is 11.1 Å². The van der Waals surface area contributed by atoms with Crippen molar-refractivity contribution in [3.8, 4) is 0 Å². The lowest BCUT2D eigenvalue weighted by Crippen LogP contribution is -2.36. The molecule has 3 N–H and O–H groups in total. The highest BCUT2D eigenvalue weighted by Gasteiger charge is 2.23. The Labute approximate surface area is 172 Å². The number of carbonyl (C=O) groups excluding carboxylic acids is 1. The van der Waals surface area contributed by atoms with Crippen LogP contribution in [-0.4, -0.2) is 31.1 Å². The zero-order valence-electron chi connectivity index (χ0n) is 17.2. The number of aliphatic imine (C=N–C) groups is 1. The van der Waals surface area contributed by atoms with E-state index in [1.54, 1.807) is 0 Å². The van der Waals surface area contributed by atoms with Crippen LogP contribution in [0.5, 0.6) is 0 Å². The van der Waals surface area contributed by atoms with E-state index in [9.17, 15) is 4.79 Å². The lowest BCUT2D eigenvalue weighted by molar-refractivity contribution is -0.124. The summed E-state index contributed by atoms with van der Waals surface area (Å²) in [6, 6.07) is 16.2. The molecule has 0 aromatic heterocycles. The van der Waals surface area contributed by atoms with E-state index in [-0.39, 0.29) is 12.0 Å². The van der Waals surface area contributed by atoms with Crippen molar-refractivity contribution in [3.05, 3.63) is 65.2 Å². The van der Waals surface area contributed by atoms with Gasteiger partial charge in [0.05, 0.1) is 6.54 Å². The molecule has 1 fully saturated rings. The molecule has 0 spiro atoms. The van der Waals surface area contributed by atoms with Gasteiger partial charge in [-0.3, -0.25) is 4.79 Å². The summed E-state index contributed by atoms with van der Waals surface area (Å²) in [6.07, 6.45) is 1.40. The molecule has 29 heavy (non-hydrogen) atoms. The zero-order valence-corrected chi connectivity index (χ0v) is 17.2. The monoisotopic (exact) mass is 394 g/mol. The third-order valence-corrected chi connectivity index (χ3v) is 4.72. The van der Waals surface area contributed by atoms with E-state index in [4.69, 9.17) is 4.74 Å². The molecule has 1 saturated heterocycles. The van der Waals surface area contributed by atoms with E-state index >= 15 is 0 Å². The number of hydrogen-bond donors (Lipinski definition) is 3. The van der Waals surface area contributed by atoms with Crippen LogP contribution < -0.4 is 16.0 Å². The van der Waals surface area contributed by atoms with Crippen LogP contribution in [0.1, 0.15) is 36.5 Å². The molecule has 154 valence electrons. The molecule has 0 radical (unpaired) electrons. The van der Waals surface area contributed by atoms with Gasteiger partial charge < -0.3 is 20.7 Å². The first-order chi connectivity index (χ1) is 14.1. The number of carbonyl (C=O) groups is 1. The molecule has 1 atom stereocenters. The number of guanidine groups is 1. The highest BCUT2D eigenvalue weighted by atomic mass is 16.5. The summed E-state index contributed by atoms with van der Waals surface area (Å²) in [6.45, 7) is 6.82. The van der Waals surface area contributed by atoms with Crippen LogP contribution in [0.25, 0.3) is 0 Å². The fourth-order valence-electron chi connectivity index (χ4n) is 3.27. The van der Waals surface area contributed by atoms with Crippen molar-refractivity contribution in [3.63, 3.8) is 0 Å². The molecule has 3 rings (SSSR count). The van der Waals surface area contributed by atoms with E-state index in [2.05, 4.69) is 52.1 Å². The van der Waals surface area contributed by atoms with Crippen LogP contribution in [-0.2, 0) is 22.6 Å². The Bertz CT molecular complexity index is 844. The number of nitrogens with zero attached hydrogens (tertiary/aromatic N) is 1. The van der Waals surface area contributed by atoms with Crippen molar-refractivity contribution in [1.82, 2.24) is 10.6 Å². The van der Waals surface area contributed by atoms with Crippen LogP contribution in [0, 0.1) is 6.92 Å². The topological polar surface area (TPSA) is 74.8 Å². The molecule has 1 unspecified atom stereocenters. The number of benzene rings is 2. The van der Waals surface area contributed by atoms with E-state index < -0.39 is 0 Å². The molecular formula is C23H30N4O2. The third-order valence-electron chi connectivity index (χ3n) is 4.72. The number of amides is 1. The summed E-state index contributed by atoms with van der Waals surface area (Å²) >= 11 is 0. The van der Waals surface area contributed by atoms with Crippen LogP contribution in [0.4, 0.5) is 5.69 Å². The molecule has 6 heteroatoms. The maximum Gasteiger partial charge on any atom is 0.253 e. The van der Waals surface area contributed by atoms with E-state index in [0.29, 0.717) is 19.7 Å². The summed E-state index contributed by atoms with van der Waals surface area (Å²) in [7, 11) is 0. The van der Waals surface area contributed by atoms with Crippen molar-refractivity contribution in [2.45, 2.75) is 45.9 Å². The summed E-state index contributed by atoms with van der Waals surface area (Å²) in [4.78, 5) is 16.9. The minimum absolute atomic E-state index is 0.0688. The van der Waals surface area contributed by atoms with Gasteiger partial charge in [-0.1, -0.05) is 42.0 Å². The summed E-state index contributed by atoms with van der Waals surface area (Å²) in [5.74, 6) is 0.698. The van der Waals surface area contributed by atoms with Crippen LogP contribution in [0.15, 0.2) is 53.5 Å². The molecule has 2 aromatic rings. The lowest BCUT2D eigenvalue weighted by atomic mass is 10.1. The largest absolute Gasteiger partial charge is 0.368 e. The van der Waals surface area contributed by atoms with Gasteiger partial charge in [0, 0.05) is 25.4 Å². The Morgan fingerprint density at radius 2 is 1.97 bits per heavy atom.